The van der Waals surface area contributed by atoms with Crippen LogP contribution in [0, 0.1) is 0 Å². The second-order valence-electron chi connectivity index (χ2n) is 4.26. The van der Waals surface area contributed by atoms with Crippen molar-refractivity contribution in [1.29, 1.82) is 0 Å². The topological polar surface area (TPSA) is 37.8 Å². The summed E-state index contributed by atoms with van der Waals surface area (Å²) in [5, 5.41) is 3.11. The van der Waals surface area contributed by atoms with Gasteiger partial charge in [-0.05, 0) is 25.1 Å². The van der Waals surface area contributed by atoms with Crippen molar-refractivity contribution in [3.8, 4) is 11.3 Å². The first-order valence-electron chi connectivity index (χ1n) is 6.39. The van der Waals surface area contributed by atoms with Crippen molar-refractivity contribution >= 4 is 0 Å². The molecule has 0 aliphatic heterocycles. The van der Waals surface area contributed by atoms with Crippen LogP contribution in [0.4, 0.5) is 0 Å². The summed E-state index contributed by atoms with van der Waals surface area (Å²) in [6.07, 6.45) is 3.76. The van der Waals surface area contributed by atoms with Gasteiger partial charge in [-0.15, -0.1) is 0 Å². The van der Waals surface area contributed by atoms with E-state index in [-0.39, 0.29) is 0 Å². The average Bonchev–Trinajstić information content (AvgIpc) is 2.45. The van der Waals surface area contributed by atoms with Gasteiger partial charge in [-0.3, -0.25) is 0 Å². The minimum absolute atomic E-state index is 0.859. The van der Waals surface area contributed by atoms with Crippen LogP contribution in [-0.2, 0) is 12.8 Å². The number of aryl methyl sites for hydroxylation is 1. The molecule has 3 nitrogen and oxygen atoms in total. The SMILES string of the molecule is CCc1ccc(-c2ccnc(CCNC)n2)cc1. The van der Waals surface area contributed by atoms with Crippen molar-refractivity contribution in [1.82, 2.24) is 15.3 Å². The van der Waals surface area contributed by atoms with Crippen molar-refractivity contribution in [2.24, 2.45) is 0 Å². The lowest BCUT2D eigenvalue weighted by molar-refractivity contribution is 0.756. The predicted octanol–water partition coefficient (Wildman–Crippen LogP) is 2.47. The van der Waals surface area contributed by atoms with E-state index in [1.165, 1.54) is 5.56 Å². The van der Waals surface area contributed by atoms with Crippen LogP contribution in [0.25, 0.3) is 11.3 Å². The molecule has 1 aromatic heterocycles. The number of likely N-dealkylation sites (N-methyl/N-ethyl adjacent to an activating group) is 1. The molecule has 1 aromatic carbocycles. The Morgan fingerprint density at radius 1 is 1.11 bits per heavy atom. The molecule has 1 heterocycles. The number of benzene rings is 1. The highest BCUT2D eigenvalue weighted by atomic mass is 14.9. The largest absolute Gasteiger partial charge is 0.319 e. The van der Waals surface area contributed by atoms with Crippen LogP contribution in [0.3, 0.4) is 0 Å². The van der Waals surface area contributed by atoms with E-state index in [9.17, 15) is 0 Å². The molecular weight excluding hydrogens is 222 g/mol. The molecule has 0 atom stereocenters. The quantitative estimate of drug-likeness (QED) is 0.874. The fourth-order valence-corrected chi connectivity index (χ4v) is 1.83. The third-order valence-electron chi connectivity index (χ3n) is 2.96. The molecule has 0 saturated carbocycles. The van der Waals surface area contributed by atoms with Crippen LogP contribution in [0.1, 0.15) is 18.3 Å². The lowest BCUT2D eigenvalue weighted by atomic mass is 10.1. The Morgan fingerprint density at radius 3 is 2.56 bits per heavy atom. The van der Waals surface area contributed by atoms with Crippen molar-refractivity contribution in [3.63, 3.8) is 0 Å². The van der Waals surface area contributed by atoms with Gasteiger partial charge in [0.25, 0.3) is 0 Å². The highest BCUT2D eigenvalue weighted by molar-refractivity contribution is 5.58. The van der Waals surface area contributed by atoms with E-state index in [2.05, 4.69) is 46.5 Å². The zero-order chi connectivity index (χ0) is 12.8. The monoisotopic (exact) mass is 241 g/mol. The number of nitrogens with zero attached hydrogens (tertiary/aromatic N) is 2. The van der Waals surface area contributed by atoms with Crippen LogP contribution in [0.5, 0.6) is 0 Å². The first-order valence-corrected chi connectivity index (χ1v) is 6.39. The number of nitrogens with one attached hydrogen (secondary N) is 1. The van der Waals surface area contributed by atoms with Crippen LogP contribution in [0.2, 0.25) is 0 Å². The van der Waals surface area contributed by atoms with Gasteiger partial charge in [0, 0.05) is 24.7 Å². The summed E-state index contributed by atoms with van der Waals surface area (Å²) in [6, 6.07) is 10.5. The minimum atomic E-state index is 0.859. The van der Waals surface area contributed by atoms with E-state index in [0.29, 0.717) is 0 Å². The molecule has 2 aromatic rings. The number of rotatable bonds is 5. The third kappa shape index (κ3) is 3.14. The Balaban J connectivity index is 2.20. The van der Waals surface area contributed by atoms with Gasteiger partial charge in [0.2, 0.25) is 0 Å². The molecule has 0 aliphatic rings. The van der Waals surface area contributed by atoms with Gasteiger partial charge in [-0.25, -0.2) is 9.97 Å². The summed E-state index contributed by atoms with van der Waals surface area (Å²) in [5.41, 5.74) is 3.50. The van der Waals surface area contributed by atoms with Crippen molar-refractivity contribution in [2.45, 2.75) is 19.8 Å². The zero-order valence-electron chi connectivity index (χ0n) is 11.0. The summed E-state index contributed by atoms with van der Waals surface area (Å²) in [5.74, 6) is 0.890. The summed E-state index contributed by atoms with van der Waals surface area (Å²) in [6.45, 7) is 3.06. The summed E-state index contributed by atoms with van der Waals surface area (Å²) in [4.78, 5) is 8.87. The lowest BCUT2D eigenvalue weighted by Gasteiger charge is -2.04. The normalized spacial score (nSPS) is 10.6. The molecule has 0 aliphatic carbocycles. The maximum absolute atomic E-state index is 4.58. The molecule has 0 spiro atoms. The minimum Gasteiger partial charge on any atom is -0.319 e. The number of aromatic nitrogens is 2. The van der Waals surface area contributed by atoms with Gasteiger partial charge in [-0.1, -0.05) is 31.2 Å². The molecule has 0 saturated heterocycles. The smallest absolute Gasteiger partial charge is 0.130 e. The van der Waals surface area contributed by atoms with Crippen molar-refractivity contribution in [3.05, 3.63) is 47.9 Å². The van der Waals surface area contributed by atoms with Gasteiger partial charge in [0.15, 0.2) is 0 Å². The highest BCUT2D eigenvalue weighted by Crippen LogP contribution is 2.17. The maximum Gasteiger partial charge on any atom is 0.130 e. The summed E-state index contributed by atoms with van der Waals surface area (Å²) in [7, 11) is 1.94. The number of hydrogen-bond acceptors (Lipinski definition) is 3. The van der Waals surface area contributed by atoms with Crippen molar-refractivity contribution < 1.29 is 0 Å². The summed E-state index contributed by atoms with van der Waals surface area (Å²) < 4.78 is 0. The molecule has 3 heteroatoms. The highest BCUT2D eigenvalue weighted by Gasteiger charge is 2.02. The fourth-order valence-electron chi connectivity index (χ4n) is 1.83. The van der Waals surface area contributed by atoms with E-state index < -0.39 is 0 Å². The van der Waals surface area contributed by atoms with Crippen molar-refractivity contribution in [2.75, 3.05) is 13.6 Å². The van der Waals surface area contributed by atoms with E-state index in [1.54, 1.807) is 0 Å². The summed E-state index contributed by atoms with van der Waals surface area (Å²) >= 11 is 0. The van der Waals surface area contributed by atoms with Crippen LogP contribution < -0.4 is 5.32 Å². The Bertz CT molecular complexity index is 491. The van der Waals surface area contributed by atoms with E-state index in [4.69, 9.17) is 0 Å². The van der Waals surface area contributed by atoms with Crippen LogP contribution >= 0.6 is 0 Å². The average molecular weight is 241 g/mol. The van der Waals surface area contributed by atoms with Crippen LogP contribution in [-0.4, -0.2) is 23.6 Å². The molecular formula is C15H19N3. The molecule has 2 rings (SSSR count). The van der Waals surface area contributed by atoms with Gasteiger partial charge in [0.05, 0.1) is 5.69 Å². The standard InChI is InChI=1S/C15H19N3/c1-3-12-4-6-13(7-5-12)14-8-11-17-15(18-14)9-10-16-2/h4-8,11,16H,3,9-10H2,1-2H3. The Kier molecular flexibility index (Phi) is 4.42. The molecule has 0 unspecified atom stereocenters. The van der Waals surface area contributed by atoms with E-state index in [1.807, 2.05) is 19.3 Å². The second kappa shape index (κ2) is 6.26. The van der Waals surface area contributed by atoms with Gasteiger partial charge in [-0.2, -0.15) is 0 Å². The fraction of sp³-hybridized carbons (Fsp3) is 0.333. The Morgan fingerprint density at radius 2 is 1.89 bits per heavy atom. The Labute approximate surface area is 108 Å². The zero-order valence-corrected chi connectivity index (χ0v) is 11.0. The maximum atomic E-state index is 4.58. The van der Waals surface area contributed by atoms with Gasteiger partial charge in [0.1, 0.15) is 5.82 Å². The molecule has 0 bridgehead atoms. The van der Waals surface area contributed by atoms with Gasteiger partial charge >= 0.3 is 0 Å². The molecule has 0 radical (unpaired) electrons. The molecule has 18 heavy (non-hydrogen) atoms. The lowest BCUT2D eigenvalue weighted by Crippen LogP contribution is -2.12. The molecule has 0 amide bonds. The molecule has 0 fully saturated rings. The predicted molar refractivity (Wildman–Crippen MR) is 74.5 cm³/mol. The van der Waals surface area contributed by atoms with E-state index in [0.717, 1.165) is 36.5 Å². The molecule has 1 N–H and O–H groups in total. The van der Waals surface area contributed by atoms with Gasteiger partial charge < -0.3 is 5.32 Å². The van der Waals surface area contributed by atoms with E-state index >= 15 is 0 Å². The Hall–Kier alpha value is -1.74. The van der Waals surface area contributed by atoms with Crippen LogP contribution in [0.15, 0.2) is 36.5 Å². The first-order chi connectivity index (χ1) is 8.83. The second-order valence-corrected chi connectivity index (χ2v) is 4.26. The molecule has 94 valence electrons. The first kappa shape index (κ1) is 12.7. The number of hydrogen-bond donors (Lipinski definition) is 1. The third-order valence-corrected chi connectivity index (χ3v) is 2.96.